The van der Waals surface area contributed by atoms with E-state index in [0.717, 1.165) is 43.5 Å². The lowest BCUT2D eigenvalue weighted by atomic mass is 9.94. The van der Waals surface area contributed by atoms with E-state index in [2.05, 4.69) is 23.2 Å². The van der Waals surface area contributed by atoms with Crippen LogP contribution in [0.1, 0.15) is 24.0 Å². The maximum Gasteiger partial charge on any atom is 0.351 e. The Morgan fingerprint density at radius 1 is 1.22 bits per heavy atom. The van der Waals surface area contributed by atoms with E-state index in [9.17, 15) is 4.79 Å². The van der Waals surface area contributed by atoms with E-state index in [4.69, 9.17) is 9.47 Å². The standard InChI is InChI=1S/C18H22N2O3/c1-22-10-4-3-5-13-6-7-15-14(11-13)8-9-20-16(15)12-17(23-2)19-18(20)21/h6-7,11-12H,3-5,8-10H2,1-2H3. The summed E-state index contributed by atoms with van der Waals surface area (Å²) in [5.41, 5.74) is 4.40. The largest absolute Gasteiger partial charge is 0.481 e. The van der Waals surface area contributed by atoms with Gasteiger partial charge in [0, 0.05) is 31.9 Å². The van der Waals surface area contributed by atoms with Crippen molar-refractivity contribution in [1.82, 2.24) is 9.55 Å². The Balaban J connectivity index is 1.88. The van der Waals surface area contributed by atoms with E-state index >= 15 is 0 Å². The van der Waals surface area contributed by atoms with Crippen LogP contribution in [-0.2, 0) is 24.1 Å². The first kappa shape index (κ1) is 15.7. The second-order valence-electron chi connectivity index (χ2n) is 5.81. The second-order valence-corrected chi connectivity index (χ2v) is 5.81. The maximum absolute atomic E-state index is 12.1. The molecule has 1 aromatic carbocycles. The molecule has 122 valence electrons. The summed E-state index contributed by atoms with van der Waals surface area (Å²) in [5, 5.41) is 0. The van der Waals surface area contributed by atoms with Crippen molar-refractivity contribution in [3.05, 3.63) is 45.9 Å². The number of fused-ring (bicyclic) bond motifs is 3. The third kappa shape index (κ3) is 3.29. The molecule has 23 heavy (non-hydrogen) atoms. The summed E-state index contributed by atoms with van der Waals surface area (Å²) in [6, 6.07) is 8.38. The lowest BCUT2D eigenvalue weighted by molar-refractivity contribution is 0.193. The molecule has 0 N–H and O–H groups in total. The first-order chi connectivity index (χ1) is 11.2. The smallest absolute Gasteiger partial charge is 0.351 e. The van der Waals surface area contributed by atoms with Gasteiger partial charge in [-0.3, -0.25) is 4.57 Å². The summed E-state index contributed by atoms with van der Waals surface area (Å²) in [6.45, 7) is 1.49. The Labute approximate surface area is 135 Å². The summed E-state index contributed by atoms with van der Waals surface area (Å²) in [7, 11) is 3.27. The van der Waals surface area contributed by atoms with Crippen molar-refractivity contribution in [1.29, 1.82) is 0 Å². The quantitative estimate of drug-likeness (QED) is 0.769. The number of aromatic nitrogens is 2. The fraction of sp³-hybridized carbons (Fsp3) is 0.444. The Kier molecular flexibility index (Phi) is 4.76. The molecule has 0 unspecified atom stereocenters. The Morgan fingerprint density at radius 3 is 2.87 bits per heavy atom. The van der Waals surface area contributed by atoms with Gasteiger partial charge in [-0.05, 0) is 36.8 Å². The van der Waals surface area contributed by atoms with Crippen LogP contribution in [0.3, 0.4) is 0 Å². The number of nitrogens with zero attached hydrogens (tertiary/aromatic N) is 2. The van der Waals surface area contributed by atoms with Gasteiger partial charge >= 0.3 is 5.69 Å². The van der Waals surface area contributed by atoms with Gasteiger partial charge in [-0.1, -0.05) is 18.2 Å². The minimum Gasteiger partial charge on any atom is -0.481 e. The van der Waals surface area contributed by atoms with E-state index in [1.54, 1.807) is 11.7 Å². The molecule has 0 aliphatic carbocycles. The number of benzene rings is 1. The van der Waals surface area contributed by atoms with Crippen molar-refractivity contribution in [3.8, 4) is 17.1 Å². The van der Waals surface area contributed by atoms with Gasteiger partial charge in [0.2, 0.25) is 5.88 Å². The van der Waals surface area contributed by atoms with Crippen LogP contribution in [-0.4, -0.2) is 30.4 Å². The Morgan fingerprint density at radius 2 is 2.09 bits per heavy atom. The number of methoxy groups -OCH3 is 2. The molecule has 3 rings (SSSR count). The van der Waals surface area contributed by atoms with Gasteiger partial charge < -0.3 is 9.47 Å². The molecule has 0 bridgehead atoms. The lowest BCUT2D eigenvalue weighted by Crippen LogP contribution is -2.28. The van der Waals surface area contributed by atoms with Gasteiger partial charge in [0.1, 0.15) is 0 Å². The minimum absolute atomic E-state index is 0.242. The van der Waals surface area contributed by atoms with Gasteiger partial charge in [0.05, 0.1) is 12.8 Å². The van der Waals surface area contributed by atoms with Crippen LogP contribution < -0.4 is 10.4 Å². The van der Waals surface area contributed by atoms with Gasteiger partial charge in [0.25, 0.3) is 0 Å². The highest BCUT2D eigenvalue weighted by atomic mass is 16.5. The topological polar surface area (TPSA) is 53.4 Å². The van der Waals surface area contributed by atoms with Crippen LogP contribution >= 0.6 is 0 Å². The molecule has 1 aromatic heterocycles. The zero-order chi connectivity index (χ0) is 16.2. The monoisotopic (exact) mass is 314 g/mol. The fourth-order valence-corrected chi connectivity index (χ4v) is 3.10. The molecule has 0 fully saturated rings. The van der Waals surface area contributed by atoms with E-state index in [-0.39, 0.29) is 5.69 Å². The summed E-state index contributed by atoms with van der Waals surface area (Å²) >= 11 is 0. The molecule has 5 nitrogen and oxygen atoms in total. The van der Waals surface area contributed by atoms with Crippen LogP contribution in [0.25, 0.3) is 11.3 Å². The molecule has 5 heteroatoms. The van der Waals surface area contributed by atoms with Crippen molar-refractivity contribution in [2.24, 2.45) is 0 Å². The number of rotatable bonds is 6. The third-order valence-corrected chi connectivity index (χ3v) is 4.31. The van der Waals surface area contributed by atoms with Gasteiger partial charge in [-0.2, -0.15) is 4.98 Å². The number of hydrogen-bond donors (Lipinski definition) is 0. The highest BCUT2D eigenvalue weighted by Gasteiger charge is 2.19. The summed E-state index contributed by atoms with van der Waals surface area (Å²) in [6.07, 6.45) is 4.13. The van der Waals surface area contributed by atoms with E-state index in [1.165, 1.54) is 18.2 Å². The van der Waals surface area contributed by atoms with Crippen molar-refractivity contribution < 1.29 is 9.47 Å². The molecule has 0 saturated heterocycles. The highest BCUT2D eigenvalue weighted by molar-refractivity contribution is 5.67. The second kappa shape index (κ2) is 6.96. The number of unbranched alkanes of at least 4 members (excludes halogenated alkanes) is 1. The molecule has 0 spiro atoms. The minimum atomic E-state index is -0.242. The molecular formula is C18H22N2O3. The summed E-state index contributed by atoms with van der Waals surface area (Å²) < 4.78 is 12.0. The molecule has 0 radical (unpaired) electrons. The fourth-order valence-electron chi connectivity index (χ4n) is 3.10. The van der Waals surface area contributed by atoms with Crippen LogP contribution in [0.2, 0.25) is 0 Å². The molecule has 2 aromatic rings. The van der Waals surface area contributed by atoms with E-state index in [1.807, 2.05) is 6.07 Å². The number of hydrogen-bond acceptors (Lipinski definition) is 4. The summed E-state index contributed by atoms with van der Waals surface area (Å²) in [4.78, 5) is 16.0. The van der Waals surface area contributed by atoms with Crippen molar-refractivity contribution in [3.63, 3.8) is 0 Å². The number of ether oxygens (including phenoxy) is 2. The van der Waals surface area contributed by atoms with Crippen LogP contribution in [0.5, 0.6) is 5.88 Å². The predicted octanol–water partition coefficient (Wildman–Crippen LogP) is 2.44. The first-order valence-corrected chi connectivity index (χ1v) is 8.00. The van der Waals surface area contributed by atoms with Crippen molar-refractivity contribution in [2.75, 3.05) is 20.8 Å². The molecule has 0 saturated carbocycles. The van der Waals surface area contributed by atoms with Gasteiger partial charge in [-0.15, -0.1) is 0 Å². The van der Waals surface area contributed by atoms with E-state index in [0.29, 0.717) is 12.4 Å². The molecule has 0 atom stereocenters. The average Bonchev–Trinajstić information content (AvgIpc) is 2.58. The van der Waals surface area contributed by atoms with Gasteiger partial charge in [0.15, 0.2) is 0 Å². The zero-order valence-electron chi connectivity index (χ0n) is 13.7. The highest BCUT2D eigenvalue weighted by Crippen LogP contribution is 2.30. The lowest BCUT2D eigenvalue weighted by Gasteiger charge is -2.22. The Bertz CT molecular complexity index is 752. The van der Waals surface area contributed by atoms with Crippen molar-refractivity contribution >= 4 is 0 Å². The van der Waals surface area contributed by atoms with Crippen LogP contribution in [0.4, 0.5) is 0 Å². The molecule has 2 heterocycles. The SMILES string of the molecule is COCCCCc1ccc2c(c1)CCn1c-2cc(OC)nc1=O. The Hall–Kier alpha value is -2.14. The predicted molar refractivity (Wildman–Crippen MR) is 89.0 cm³/mol. The molecule has 0 amide bonds. The third-order valence-electron chi connectivity index (χ3n) is 4.31. The average molecular weight is 314 g/mol. The van der Waals surface area contributed by atoms with Crippen LogP contribution in [0, 0.1) is 0 Å². The molecule has 1 aliphatic rings. The van der Waals surface area contributed by atoms with Crippen LogP contribution in [0.15, 0.2) is 29.1 Å². The van der Waals surface area contributed by atoms with Gasteiger partial charge in [-0.25, -0.2) is 4.79 Å². The maximum atomic E-state index is 12.1. The first-order valence-electron chi connectivity index (χ1n) is 8.00. The van der Waals surface area contributed by atoms with Crippen molar-refractivity contribution in [2.45, 2.75) is 32.2 Å². The zero-order valence-corrected chi connectivity index (χ0v) is 13.7. The normalized spacial score (nSPS) is 12.6. The molecular weight excluding hydrogens is 292 g/mol. The molecule has 1 aliphatic heterocycles. The number of aryl methyl sites for hydroxylation is 2. The van der Waals surface area contributed by atoms with E-state index < -0.39 is 0 Å². The summed E-state index contributed by atoms with van der Waals surface area (Å²) in [5.74, 6) is 0.373.